The summed E-state index contributed by atoms with van der Waals surface area (Å²) in [5, 5.41) is 11.2. The molecule has 6 nitrogen and oxygen atoms in total. The molecule has 33 heavy (non-hydrogen) atoms. The number of rotatable bonds is 7. The number of benzene rings is 2. The third-order valence-electron chi connectivity index (χ3n) is 6.05. The van der Waals surface area contributed by atoms with Crippen LogP contribution in [-0.2, 0) is 19.7 Å². The zero-order chi connectivity index (χ0) is 24.3. The molecule has 3 rings (SSSR count). The lowest BCUT2D eigenvalue weighted by molar-refractivity contribution is -0.140. The number of hydrogen-bond donors (Lipinski definition) is 1. The second kappa shape index (κ2) is 9.79. The van der Waals surface area contributed by atoms with Crippen LogP contribution in [0.3, 0.4) is 0 Å². The van der Waals surface area contributed by atoms with Gasteiger partial charge < -0.3 is 19.5 Å². The van der Waals surface area contributed by atoms with E-state index < -0.39 is 17.7 Å². The van der Waals surface area contributed by atoms with Crippen molar-refractivity contribution in [2.75, 3.05) is 27.4 Å². The minimum absolute atomic E-state index is 0.0283. The Kier molecular flexibility index (Phi) is 7.28. The Balaban J connectivity index is 2.13. The molecule has 0 aliphatic carbocycles. The lowest BCUT2D eigenvalue weighted by Crippen LogP contribution is -2.31. The van der Waals surface area contributed by atoms with Crippen molar-refractivity contribution in [3.8, 4) is 5.75 Å². The fraction of sp³-hybridized carbons (Fsp3) is 0.407. The van der Waals surface area contributed by atoms with Crippen LogP contribution >= 0.6 is 0 Å². The number of carbonyl (C=O) groups excluding carboxylic acids is 2. The molecular weight excluding hydrogens is 418 g/mol. The van der Waals surface area contributed by atoms with Crippen molar-refractivity contribution < 1.29 is 24.2 Å². The first-order valence-corrected chi connectivity index (χ1v) is 11.1. The van der Waals surface area contributed by atoms with Crippen LogP contribution in [0.4, 0.5) is 0 Å². The van der Waals surface area contributed by atoms with Crippen LogP contribution in [-0.4, -0.2) is 49.1 Å². The molecule has 1 atom stereocenters. The number of aliphatic hydroxyl groups is 1. The Hall–Kier alpha value is -3.12. The molecule has 176 valence electrons. The summed E-state index contributed by atoms with van der Waals surface area (Å²) in [5.41, 5.74) is 3.30. The number of ketones is 1. The van der Waals surface area contributed by atoms with Crippen LogP contribution in [0.25, 0.3) is 5.76 Å². The number of methoxy groups -OCH3 is 2. The van der Waals surface area contributed by atoms with E-state index in [1.807, 2.05) is 31.2 Å². The predicted molar refractivity (Wildman–Crippen MR) is 128 cm³/mol. The summed E-state index contributed by atoms with van der Waals surface area (Å²) >= 11 is 0. The van der Waals surface area contributed by atoms with Gasteiger partial charge in [0.2, 0.25) is 0 Å². The van der Waals surface area contributed by atoms with Crippen LogP contribution in [0, 0.1) is 6.92 Å². The Bertz CT molecular complexity index is 1060. The zero-order valence-electron chi connectivity index (χ0n) is 20.3. The third-order valence-corrected chi connectivity index (χ3v) is 6.05. The minimum Gasteiger partial charge on any atom is -0.507 e. The normalized spacial score (nSPS) is 18.1. The average molecular weight is 452 g/mol. The Morgan fingerprint density at radius 2 is 1.73 bits per heavy atom. The zero-order valence-corrected chi connectivity index (χ0v) is 20.3. The fourth-order valence-corrected chi connectivity index (χ4v) is 4.18. The molecule has 1 N–H and O–H groups in total. The van der Waals surface area contributed by atoms with Crippen molar-refractivity contribution >= 4 is 17.4 Å². The molecule has 0 aromatic heterocycles. The molecule has 1 unspecified atom stereocenters. The number of ether oxygens (including phenoxy) is 2. The van der Waals surface area contributed by atoms with E-state index >= 15 is 0 Å². The Labute approximate surface area is 195 Å². The van der Waals surface area contributed by atoms with E-state index in [1.165, 1.54) is 4.90 Å². The van der Waals surface area contributed by atoms with Crippen LogP contribution in [0.5, 0.6) is 5.75 Å². The topological polar surface area (TPSA) is 76.1 Å². The third kappa shape index (κ3) is 4.96. The standard InChI is InChI=1S/C27H33NO5/c1-17-16-19(10-13-21(17)33-6)24(29)22-23(18-8-11-20(12-9-18)27(2,3)4)28(14-7-15-32-5)26(31)25(22)30/h8-13,16,23,29H,7,14-15H2,1-6H3/b24-22-. The van der Waals surface area contributed by atoms with Gasteiger partial charge in [-0.1, -0.05) is 45.0 Å². The number of likely N-dealkylation sites (tertiary alicyclic amines) is 1. The number of amides is 1. The molecule has 6 heteroatoms. The second-order valence-electron chi connectivity index (χ2n) is 9.40. The van der Waals surface area contributed by atoms with Gasteiger partial charge in [0.25, 0.3) is 11.7 Å². The maximum atomic E-state index is 13.1. The van der Waals surface area contributed by atoms with E-state index in [-0.39, 0.29) is 16.7 Å². The number of Topliss-reactive ketones (excluding diaryl/α,β-unsaturated/α-hetero) is 1. The largest absolute Gasteiger partial charge is 0.507 e. The summed E-state index contributed by atoms with van der Waals surface area (Å²) in [4.78, 5) is 27.6. The van der Waals surface area contributed by atoms with Gasteiger partial charge in [0.15, 0.2) is 0 Å². The number of nitrogens with zero attached hydrogens (tertiary/aromatic N) is 1. The molecule has 0 radical (unpaired) electrons. The van der Waals surface area contributed by atoms with E-state index in [2.05, 4.69) is 20.8 Å². The molecule has 1 aliphatic heterocycles. The Morgan fingerprint density at radius 3 is 2.27 bits per heavy atom. The number of aliphatic hydroxyl groups excluding tert-OH is 1. The van der Waals surface area contributed by atoms with Crippen LogP contribution in [0.1, 0.15) is 55.5 Å². The first kappa shape index (κ1) is 24.5. The molecule has 1 heterocycles. The van der Waals surface area contributed by atoms with Crippen molar-refractivity contribution in [3.05, 3.63) is 70.3 Å². The second-order valence-corrected chi connectivity index (χ2v) is 9.40. The lowest BCUT2D eigenvalue weighted by Gasteiger charge is -2.26. The van der Waals surface area contributed by atoms with Crippen molar-refractivity contribution in [2.45, 2.75) is 45.6 Å². The first-order chi connectivity index (χ1) is 15.6. The summed E-state index contributed by atoms with van der Waals surface area (Å²) in [5.74, 6) is -0.787. The lowest BCUT2D eigenvalue weighted by atomic mass is 9.85. The van der Waals surface area contributed by atoms with E-state index in [0.717, 1.165) is 16.7 Å². The quantitative estimate of drug-likeness (QED) is 0.284. The summed E-state index contributed by atoms with van der Waals surface area (Å²) in [6, 6.07) is 12.4. The van der Waals surface area contributed by atoms with Gasteiger partial charge in [-0.15, -0.1) is 0 Å². The van der Waals surface area contributed by atoms with Crippen molar-refractivity contribution in [3.63, 3.8) is 0 Å². The summed E-state index contributed by atoms with van der Waals surface area (Å²) < 4.78 is 10.4. The maximum absolute atomic E-state index is 13.1. The molecule has 0 saturated carbocycles. The molecule has 0 spiro atoms. The van der Waals surface area contributed by atoms with Gasteiger partial charge in [-0.3, -0.25) is 9.59 Å². The minimum atomic E-state index is -0.678. The monoisotopic (exact) mass is 451 g/mol. The molecule has 2 aromatic carbocycles. The summed E-state index contributed by atoms with van der Waals surface area (Å²) in [7, 11) is 3.18. The van der Waals surface area contributed by atoms with Crippen LogP contribution < -0.4 is 4.74 Å². The van der Waals surface area contributed by atoms with Gasteiger partial charge in [-0.05, 0) is 53.6 Å². The maximum Gasteiger partial charge on any atom is 0.295 e. The highest BCUT2D eigenvalue weighted by Gasteiger charge is 2.45. The molecule has 1 aliphatic rings. The van der Waals surface area contributed by atoms with E-state index in [4.69, 9.17) is 9.47 Å². The van der Waals surface area contributed by atoms with Crippen molar-refractivity contribution in [1.29, 1.82) is 0 Å². The molecular formula is C27H33NO5. The molecule has 2 aromatic rings. The molecule has 0 bridgehead atoms. The van der Waals surface area contributed by atoms with Gasteiger partial charge in [0.05, 0.1) is 18.7 Å². The Morgan fingerprint density at radius 1 is 1.06 bits per heavy atom. The predicted octanol–water partition coefficient (Wildman–Crippen LogP) is 4.76. The summed E-state index contributed by atoms with van der Waals surface area (Å²) in [6.45, 7) is 9.07. The van der Waals surface area contributed by atoms with E-state index in [9.17, 15) is 14.7 Å². The van der Waals surface area contributed by atoms with Gasteiger partial charge in [0, 0.05) is 25.8 Å². The number of aryl methyl sites for hydroxylation is 1. The van der Waals surface area contributed by atoms with Crippen molar-refractivity contribution in [1.82, 2.24) is 4.90 Å². The molecule has 1 saturated heterocycles. The van der Waals surface area contributed by atoms with Gasteiger partial charge >= 0.3 is 0 Å². The van der Waals surface area contributed by atoms with Gasteiger partial charge in [-0.2, -0.15) is 0 Å². The number of hydrogen-bond acceptors (Lipinski definition) is 5. The SMILES string of the molecule is COCCCN1C(=O)C(=O)/C(=C(\O)c2ccc(OC)c(C)c2)C1c1ccc(C(C)(C)C)cc1. The molecule has 1 fully saturated rings. The smallest absolute Gasteiger partial charge is 0.295 e. The van der Waals surface area contributed by atoms with Crippen LogP contribution in [0.2, 0.25) is 0 Å². The van der Waals surface area contributed by atoms with E-state index in [0.29, 0.717) is 30.9 Å². The molecule has 1 amide bonds. The highest BCUT2D eigenvalue weighted by molar-refractivity contribution is 6.46. The van der Waals surface area contributed by atoms with Crippen molar-refractivity contribution in [2.24, 2.45) is 0 Å². The fourth-order valence-electron chi connectivity index (χ4n) is 4.18. The van der Waals surface area contributed by atoms with Gasteiger partial charge in [0.1, 0.15) is 11.5 Å². The van der Waals surface area contributed by atoms with Gasteiger partial charge in [-0.25, -0.2) is 0 Å². The van der Waals surface area contributed by atoms with Crippen LogP contribution in [0.15, 0.2) is 48.0 Å². The number of carbonyl (C=O) groups is 2. The van der Waals surface area contributed by atoms with E-state index in [1.54, 1.807) is 32.4 Å². The first-order valence-electron chi connectivity index (χ1n) is 11.1. The highest BCUT2D eigenvalue weighted by Crippen LogP contribution is 2.40. The highest BCUT2D eigenvalue weighted by atomic mass is 16.5. The summed E-state index contributed by atoms with van der Waals surface area (Å²) in [6.07, 6.45) is 0.585. The average Bonchev–Trinajstić information content (AvgIpc) is 3.03.